The van der Waals surface area contributed by atoms with Crippen LogP contribution in [-0.4, -0.2) is 52.3 Å². The minimum absolute atomic E-state index is 0.0502. The summed E-state index contributed by atoms with van der Waals surface area (Å²) in [6.45, 7) is 4.94. The summed E-state index contributed by atoms with van der Waals surface area (Å²) in [7, 11) is 0. The third-order valence-corrected chi connectivity index (χ3v) is 3.54. The first-order chi connectivity index (χ1) is 8.84. The van der Waals surface area contributed by atoms with Gasteiger partial charge in [-0.2, -0.15) is 0 Å². The van der Waals surface area contributed by atoms with Gasteiger partial charge >= 0.3 is 12.0 Å². The van der Waals surface area contributed by atoms with Crippen molar-refractivity contribution < 1.29 is 19.8 Å². The summed E-state index contributed by atoms with van der Waals surface area (Å²) in [5.41, 5.74) is -1.42. The molecule has 0 aromatic rings. The van der Waals surface area contributed by atoms with Gasteiger partial charge in [0.05, 0.1) is 12.0 Å². The van der Waals surface area contributed by atoms with Gasteiger partial charge in [0.25, 0.3) is 0 Å². The Morgan fingerprint density at radius 3 is 2.74 bits per heavy atom. The summed E-state index contributed by atoms with van der Waals surface area (Å²) in [6.07, 6.45) is 2.82. The van der Waals surface area contributed by atoms with E-state index >= 15 is 0 Å². The van der Waals surface area contributed by atoms with E-state index in [-0.39, 0.29) is 19.0 Å². The van der Waals surface area contributed by atoms with Crippen LogP contribution in [0.5, 0.6) is 0 Å². The minimum Gasteiger partial charge on any atom is -0.481 e. The average Bonchev–Trinajstić information content (AvgIpc) is 2.34. The average molecular weight is 272 g/mol. The van der Waals surface area contributed by atoms with Gasteiger partial charge in [-0.05, 0) is 25.7 Å². The van der Waals surface area contributed by atoms with E-state index < -0.39 is 11.6 Å². The van der Waals surface area contributed by atoms with Crippen LogP contribution in [0.3, 0.4) is 0 Å². The second kappa shape index (κ2) is 6.75. The van der Waals surface area contributed by atoms with Crippen LogP contribution >= 0.6 is 0 Å². The summed E-state index contributed by atoms with van der Waals surface area (Å²) in [5.74, 6) is -0.540. The molecule has 3 N–H and O–H groups in total. The molecule has 0 saturated carbocycles. The van der Waals surface area contributed by atoms with Crippen LogP contribution in [0.1, 0.15) is 39.5 Å². The van der Waals surface area contributed by atoms with E-state index in [2.05, 4.69) is 12.2 Å². The van der Waals surface area contributed by atoms with E-state index in [0.29, 0.717) is 5.92 Å². The van der Waals surface area contributed by atoms with Crippen molar-refractivity contribution in [2.24, 2.45) is 5.92 Å². The van der Waals surface area contributed by atoms with E-state index in [1.165, 1.54) is 6.92 Å². The molecule has 0 bridgehead atoms. The number of carbonyl (C=O) groups excluding carboxylic acids is 1. The molecule has 1 fully saturated rings. The lowest BCUT2D eigenvalue weighted by atomic mass is 9.96. The van der Waals surface area contributed by atoms with Crippen LogP contribution in [0.15, 0.2) is 0 Å². The van der Waals surface area contributed by atoms with Crippen LogP contribution in [-0.2, 0) is 4.79 Å². The number of carbonyl (C=O) groups is 2. The Morgan fingerprint density at radius 1 is 1.47 bits per heavy atom. The fourth-order valence-corrected chi connectivity index (χ4v) is 2.35. The molecule has 1 saturated heterocycles. The van der Waals surface area contributed by atoms with Gasteiger partial charge in [-0.25, -0.2) is 4.79 Å². The normalized spacial score (nSPS) is 22.7. The molecule has 1 rings (SSSR count). The Labute approximate surface area is 113 Å². The zero-order valence-electron chi connectivity index (χ0n) is 11.7. The smallest absolute Gasteiger partial charge is 0.317 e. The van der Waals surface area contributed by atoms with Crippen LogP contribution in [0, 0.1) is 5.92 Å². The number of amides is 2. The molecule has 0 aromatic heterocycles. The van der Waals surface area contributed by atoms with Gasteiger partial charge < -0.3 is 20.4 Å². The third kappa shape index (κ3) is 5.46. The van der Waals surface area contributed by atoms with Gasteiger partial charge in [0.2, 0.25) is 0 Å². The summed E-state index contributed by atoms with van der Waals surface area (Å²) in [6, 6.07) is -0.219. The predicted molar refractivity (Wildman–Crippen MR) is 70.9 cm³/mol. The molecule has 19 heavy (non-hydrogen) atoms. The van der Waals surface area contributed by atoms with Crippen LogP contribution in [0.2, 0.25) is 0 Å². The SMILES string of the molecule is CCC1CCCN(C(=O)NCC(C)(O)CC(=O)O)C1. The summed E-state index contributed by atoms with van der Waals surface area (Å²) in [5, 5.41) is 21.1. The van der Waals surface area contributed by atoms with Gasteiger partial charge in [0, 0.05) is 19.6 Å². The number of hydrogen-bond donors (Lipinski definition) is 3. The third-order valence-electron chi connectivity index (χ3n) is 3.54. The Balaban J connectivity index is 2.40. The molecular weight excluding hydrogens is 248 g/mol. The minimum atomic E-state index is -1.42. The van der Waals surface area contributed by atoms with Crippen molar-refractivity contribution in [2.45, 2.75) is 45.1 Å². The van der Waals surface area contributed by atoms with Crippen molar-refractivity contribution in [1.82, 2.24) is 10.2 Å². The van der Waals surface area contributed by atoms with Gasteiger partial charge in [-0.1, -0.05) is 13.3 Å². The van der Waals surface area contributed by atoms with Gasteiger partial charge in [-0.15, -0.1) is 0 Å². The number of piperidine rings is 1. The Hall–Kier alpha value is -1.30. The summed E-state index contributed by atoms with van der Waals surface area (Å²) < 4.78 is 0. The molecule has 0 spiro atoms. The molecule has 6 nitrogen and oxygen atoms in total. The number of rotatable bonds is 5. The highest BCUT2D eigenvalue weighted by Crippen LogP contribution is 2.19. The van der Waals surface area contributed by atoms with E-state index in [9.17, 15) is 14.7 Å². The molecule has 0 radical (unpaired) electrons. The standard InChI is InChI=1S/C13H24N2O4/c1-3-10-5-4-6-15(8-10)12(18)14-9-13(2,19)7-11(16)17/h10,19H,3-9H2,1-2H3,(H,14,18)(H,16,17). The molecule has 2 atom stereocenters. The Morgan fingerprint density at radius 2 is 2.16 bits per heavy atom. The lowest BCUT2D eigenvalue weighted by molar-refractivity contribution is -0.141. The highest BCUT2D eigenvalue weighted by molar-refractivity contribution is 5.74. The molecular formula is C13H24N2O4. The molecule has 1 aliphatic rings. The number of likely N-dealkylation sites (tertiary alicyclic amines) is 1. The zero-order chi connectivity index (χ0) is 14.5. The first kappa shape index (κ1) is 15.8. The first-order valence-corrected chi connectivity index (χ1v) is 6.81. The lowest BCUT2D eigenvalue weighted by Gasteiger charge is -2.33. The van der Waals surface area contributed by atoms with E-state index in [1.807, 2.05) is 0 Å². The molecule has 6 heteroatoms. The number of aliphatic carboxylic acids is 1. The van der Waals surface area contributed by atoms with Gasteiger partial charge in [0.15, 0.2) is 0 Å². The maximum Gasteiger partial charge on any atom is 0.317 e. The quantitative estimate of drug-likeness (QED) is 0.697. The number of urea groups is 1. The number of nitrogens with one attached hydrogen (secondary N) is 1. The highest BCUT2D eigenvalue weighted by Gasteiger charge is 2.27. The topological polar surface area (TPSA) is 89.9 Å². The largest absolute Gasteiger partial charge is 0.481 e. The Kier molecular flexibility index (Phi) is 5.60. The molecule has 2 amide bonds. The Bertz CT molecular complexity index is 331. The van der Waals surface area contributed by atoms with E-state index in [0.717, 1.165) is 32.4 Å². The second-order valence-electron chi connectivity index (χ2n) is 5.59. The van der Waals surface area contributed by atoms with Crippen molar-refractivity contribution >= 4 is 12.0 Å². The number of carboxylic acid groups (broad SMARTS) is 1. The van der Waals surface area contributed by atoms with Crippen molar-refractivity contribution in [3.8, 4) is 0 Å². The molecule has 1 aliphatic heterocycles. The first-order valence-electron chi connectivity index (χ1n) is 6.81. The molecule has 0 aliphatic carbocycles. The fourth-order valence-electron chi connectivity index (χ4n) is 2.35. The molecule has 110 valence electrons. The highest BCUT2D eigenvalue weighted by atomic mass is 16.4. The van der Waals surface area contributed by atoms with Crippen LogP contribution in [0.25, 0.3) is 0 Å². The van der Waals surface area contributed by atoms with Gasteiger partial charge in [0.1, 0.15) is 0 Å². The van der Waals surface area contributed by atoms with Crippen LogP contribution in [0.4, 0.5) is 4.79 Å². The maximum atomic E-state index is 11.9. The summed E-state index contributed by atoms with van der Waals surface area (Å²) >= 11 is 0. The number of hydrogen-bond acceptors (Lipinski definition) is 3. The van der Waals surface area contributed by atoms with E-state index in [1.54, 1.807) is 4.90 Å². The van der Waals surface area contributed by atoms with Crippen LogP contribution < -0.4 is 5.32 Å². The molecule has 1 heterocycles. The fraction of sp³-hybridized carbons (Fsp3) is 0.846. The molecule has 0 aromatic carbocycles. The van der Waals surface area contributed by atoms with Crippen molar-refractivity contribution in [3.63, 3.8) is 0 Å². The second-order valence-corrected chi connectivity index (χ2v) is 5.59. The summed E-state index contributed by atoms with van der Waals surface area (Å²) in [4.78, 5) is 24.3. The van der Waals surface area contributed by atoms with Crippen molar-refractivity contribution in [2.75, 3.05) is 19.6 Å². The predicted octanol–water partition coefficient (Wildman–Crippen LogP) is 1.04. The lowest BCUT2D eigenvalue weighted by Crippen LogP contribution is -2.50. The number of aliphatic hydroxyl groups is 1. The maximum absolute atomic E-state index is 11.9. The number of carboxylic acids is 1. The number of nitrogens with zero attached hydrogens (tertiary/aromatic N) is 1. The van der Waals surface area contributed by atoms with Crippen molar-refractivity contribution in [3.05, 3.63) is 0 Å². The van der Waals surface area contributed by atoms with Gasteiger partial charge in [-0.3, -0.25) is 4.79 Å². The molecule has 2 unspecified atom stereocenters. The van der Waals surface area contributed by atoms with Crippen molar-refractivity contribution in [1.29, 1.82) is 0 Å². The monoisotopic (exact) mass is 272 g/mol. The van der Waals surface area contributed by atoms with E-state index in [4.69, 9.17) is 5.11 Å². The zero-order valence-corrected chi connectivity index (χ0v) is 11.7.